The largest absolute Gasteiger partial charge is 0.0622 e. The lowest BCUT2D eigenvalue weighted by Crippen LogP contribution is -1.82. The van der Waals surface area contributed by atoms with Gasteiger partial charge in [-0.2, -0.15) is 0 Å². The van der Waals surface area contributed by atoms with Gasteiger partial charge in [0.15, 0.2) is 0 Å². The molecule has 0 radical (unpaired) electrons. The maximum atomic E-state index is 2.29. The normalized spacial score (nSPS) is 14.0. The summed E-state index contributed by atoms with van der Waals surface area (Å²) in [5.74, 6) is 0. The summed E-state index contributed by atoms with van der Waals surface area (Å²) in [5, 5.41) is 0. The first kappa shape index (κ1) is 12.2. The second-order valence-electron chi connectivity index (χ2n) is 5.56. The van der Waals surface area contributed by atoms with Gasteiger partial charge in [0.25, 0.3) is 0 Å². The first-order valence-corrected chi connectivity index (χ1v) is 7.30. The highest BCUT2D eigenvalue weighted by atomic mass is 14.3. The minimum atomic E-state index is 1.25. The Bertz CT molecular complexity index is 839. The van der Waals surface area contributed by atoms with Crippen molar-refractivity contribution in [1.29, 1.82) is 0 Å². The predicted octanol–water partition coefficient (Wildman–Crippen LogP) is 5.56. The number of benzene rings is 3. The van der Waals surface area contributed by atoms with Crippen LogP contribution in [0.2, 0.25) is 0 Å². The van der Waals surface area contributed by atoms with E-state index in [1.54, 1.807) is 0 Å². The van der Waals surface area contributed by atoms with E-state index in [4.69, 9.17) is 0 Å². The molecule has 0 nitrogen and oxygen atoms in total. The average molecular weight is 268 g/mol. The highest BCUT2D eigenvalue weighted by Crippen LogP contribution is 2.45. The van der Waals surface area contributed by atoms with Crippen molar-refractivity contribution < 1.29 is 0 Å². The third-order valence-corrected chi connectivity index (χ3v) is 4.08. The molecule has 0 heterocycles. The van der Waals surface area contributed by atoms with Gasteiger partial charge in [0.05, 0.1) is 0 Å². The summed E-state index contributed by atoms with van der Waals surface area (Å²) in [6.07, 6.45) is 2.29. The first-order valence-electron chi connectivity index (χ1n) is 7.30. The number of hydrogen-bond acceptors (Lipinski definition) is 0. The lowest BCUT2D eigenvalue weighted by molar-refractivity contribution is 1.47. The van der Waals surface area contributed by atoms with E-state index in [0.717, 1.165) is 0 Å². The Hall–Kier alpha value is -2.60. The van der Waals surface area contributed by atoms with Crippen molar-refractivity contribution in [3.63, 3.8) is 0 Å². The molecule has 3 aromatic rings. The van der Waals surface area contributed by atoms with E-state index >= 15 is 0 Å². The molecule has 0 unspecified atom stereocenters. The van der Waals surface area contributed by atoms with Crippen LogP contribution in [0, 0.1) is 6.92 Å². The van der Waals surface area contributed by atoms with Gasteiger partial charge in [-0.3, -0.25) is 0 Å². The van der Waals surface area contributed by atoms with Crippen LogP contribution < -0.4 is 0 Å². The van der Waals surface area contributed by atoms with Crippen LogP contribution >= 0.6 is 0 Å². The molecule has 0 N–H and O–H groups in total. The maximum absolute atomic E-state index is 2.29. The van der Waals surface area contributed by atoms with Gasteiger partial charge >= 0.3 is 0 Å². The Labute approximate surface area is 125 Å². The molecule has 0 aliphatic heterocycles. The first-order chi connectivity index (χ1) is 10.3. The van der Waals surface area contributed by atoms with E-state index in [1.165, 1.54) is 39.0 Å². The van der Waals surface area contributed by atoms with E-state index in [9.17, 15) is 0 Å². The quantitative estimate of drug-likeness (QED) is 0.423. The van der Waals surface area contributed by atoms with Gasteiger partial charge < -0.3 is 0 Å². The van der Waals surface area contributed by atoms with Crippen molar-refractivity contribution in [3.8, 4) is 11.1 Å². The summed E-state index contributed by atoms with van der Waals surface area (Å²) >= 11 is 0. The van der Waals surface area contributed by atoms with E-state index in [0.29, 0.717) is 0 Å². The minimum absolute atomic E-state index is 1.25. The zero-order valence-electron chi connectivity index (χ0n) is 12.0. The molecule has 4 rings (SSSR count). The van der Waals surface area contributed by atoms with Crippen LogP contribution in [-0.2, 0) is 0 Å². The highest BCUT2D eigenvalue weighted by molar-refractivity contribution is 6.06. The molecule has 0 spiro atoms. The second kappa shape index (κ2) is 4.75. The summed E-state index contributed by atoms with van der Waals surface area (Å²) < 4.78 is 0. The summed E-state index contributed by atoms with van der Waals surface area (Å²) in [6, 6.07) is 26.0. The summed E-state index contributed by atoms with van der Waals surface area (Å²) in [7, 11) is 0. The molecule has 0 fully saturated rings. The van der Waals surface area contributed by atoms with Gasteiger partial charge in [0, 0.05) is 0 Å². The topological polar surface area (TPSA) is 0 Å². The molecule has 0 amide bonds. The standard InChI is InChI=1S/C21H16/c1-15-11-12-19-20(13-15)17-9-5-6-10-18(17)21(19)14-16-7-3-2-4-8-16/h2-14H,1H3/b21-14-. The van der Waals surface area contributed by atoms with Gasteiger partial charge in [-0.05, 0) is 46.4 Å². The molecule has 0 saturated heterocycles. The number of aryl methyl sites for hydroxylation is 1. The van der Waals surface area contributed by atoms with E-state index in [2.05, 4.69) is 85.8 Å². The molecule has 100 valence electrons. The van der Waals surface area contributed by atoms with Gasteiger partial charge in [0.1, 0.15) is 0 Å². The Morgan fingerprint density at radius 2 is 1.29 bits per heavy atom. The molecule has 0 saturated carbocycles. The smallest absolute Gasteiger partial charge is 0.00930 e. The lowest BCUT2D eigenvalue weighted by atomic mass is 10.0. The number of rotatable bonds is 1. The van der Waals surface area contributed by atoms with Crippen LogP contribution in [0.5, 0.6) is 0 Å². The number of hydrogen-bond donors (Lipinski definition) is 0. The van der Waals surface area contributed by atoms with Crippen LogP contribution in [0.4, 0.5) is 0 Å². The lowest BCUT2D eigenvalue weighted by Gasteiger charge is -2.03. The van der Waals surface area contributed by atoms with Crippen LogP contribution in [0.3, 0.4) is 0 Å². The predicted molar refractivity (Wildman–Crippen MR) is 90.0 cm³/mol. The molecule has 0 atom stereocenters. The molecule has 1 aliphatic rings. The van der Waals surface area contributed by atoms with Crippen molar-refractivity contribution in [3.05, 3.63) is 95.1 Å². The van der Waals surface area contributed by atoms with E-state index < -0.39 is 0 Å². The van der Waals surface area contributed by atoms with E-state index in [1.807, 2.05) is 0 Å². The SMILES string of the molecule is Cc1ccc2c(c1)-c1ccccc1/C2=C/c1ccccc1. The summed E-state index contributed by atoms with van der Waals surface area (Å²) in [6.45, 7) is 2.15. The average Bonchev–Trinajstić information content (AvgIpc) is 2.82. The Morgan fingerprint density at radius 1 is 0.619 bits per heavy atom. The van der Waals surface area contributed by atoms with Crippen molar-refractivity contribution in [1.82, 2.24) is 0 Å². The minimum Gasteiger partial charge on any atom is -0.0622 e. The fourth-order valence-corrected chi connectivity index (χ4v) is 3.09. The maximum Gasteiger partial charge on any atom is -0.00930 e. The zero-order chi connectivity index (χ0) is 14.2. The Kier molecular flexibility index (Phi) is 2.75. The van der Waals surface area contributed by atoms with Crippen molar-refractivity contribution in [2.75, 3.05) is 0 Å². The van der Waals surface area contributed by atoms with Crippen molar-refractivity contribution in [2.45, 2.75) is 6.92 Å². The summed E-state index contributed by atoms with van der Waals surface area (Å²) in [5.41, 5.74) is 9.26. The molecule has 0 aromatic heterocycles. The molecule has 0 bridgehead atoms. The van der Waals surface area contributed by atoms with E-state index in [-0.39, 0.29) is 0 Å². The van der Waals surface area contributed by atoms with Gasteiger partial charge in [-0.25, -0.2) is 0 Å². The van der Waals surface area contributed by atoms with Crippen molar-refractivity contribution >= 4 is 11.6 Å². The molecule has 0 heteroatoms. The fraction of sp³-hybridized carbons (Fsp3) is 0.0476. The molecule has 21 heavy (non-hydrogen) atoms. The number of fused-ring (bicyclic) bond motifs is 3. The van der Waals surface area contributed by atoms with Gasteiger partial charge in [0.2, 0.25) is 0 Å². The van der Waals surface area contributed by atoms with Crippen LogP contribution in [0.1, 0.15) is 22.3 Å². The Morgan fingerprint density at radius 3 is 2.10 bits per heavy atom. The third kappa shape index (κ3) is 2.00. The molecular formula is C21H16. The van der Waals surface area contributed by atoms with Crippen LogP contribution in [0.15, 0.2) is 72.8 Å². The van der Waals surface area contributed by atoms with Gasteiger partial charge in [-0.1, -0.05) is 78.4 Å². The molecular weight excluding hydrogens is 252 g/mol. The zero-order valence-corrected chi connectivity index (χ0v) is 12.0. The molecule has 3 aromatic carbocycles. The molecule has 1 aliphatic carbocycles. The monoisotopic (exact) mass is 268 g/mol. The van der Waals surface area contributed by atoms with Crippen molar-refractivity contribution in [2.24, 2.45) is 0 Å². The highest BCUT2D eigenvalue weighted by Gasteiger charge is 2.22. The summed E-state index contributed by atoms with van der Waals surface area (Å²) in [4.78, 5) is 0. The van der Waals surface area contributed by atoms with Crippen LogP contribution in [0.25, 0.3) is 22.8 Å². The Balaban J connectivity index is 1.99. The second-order valence-corrected chi connectivity index (χ2v) is 5.56. The fourth-order valence-electron chi connectivity index (χ4n) is 3.09. The van der Waals surface area contributed by atoms with Crippen LogP contribution in [-0.4, -0.2) is 0 Å². The third-order valence-electron chi connectivity index (χ3n) is 4.08. The van der Waals surface area contributed by atoms with Gasteiger partial charge in [-0.15, -0.1) is 0 Å².